The van der Waals surface area contributed by atoms with Crippen LogP contribution in [0.2, 0.25) is 0 Å². The first-order chi connectivity index (χ1) is 15.3. The molecule has 10 heteroatoms. The molecule has 0 unspecified atom stereocenters. The van der Waals surface area contributed by atoms with Crippen molar-refractivity contribution in [2.75, 3.05) is 13.2 Å². The molecule has 0 fully saturated rings. The molecule has 1 aliphatic heterocycles. The molecule has 1 N–H and O–H groups in total. The highest BCUT2D eigenvalue weighted by Gasteiger charge is 2.33. The van der Waals surface area contributed by atoms with Gasteiger partial charge in [0, 0.05) is 36.3 Å². The molecule has 2 heterocycles. The van der Waals surface area contributed by atoms with Gasteiger partial charge in [0.25, 0.3) is 5.91 Å². The third-order valence-electron chi connectivity index (χ3n) is 5.23. The number of carbonyl (C=O) groups is 1. The number of rotatable bonds is 5. The third kappa shape index (κ3) is 4.23. The number of halogens is 1. The number of aromatic nitrogens is 1. The topological polar surface area (TPSA) is 102 Å². The van der Waals surface area contributed by atoms with Crippen molar-refractivity contribution in [3.63, 3.8) is 0 Å². The molecule has 0 saturated heterocycles. The van der Waals surface area contributed by atoms with E-state index in [9.17, 15) is 17.6 Å². The molecule has 8 nitrogen and oxygen atoms in total. The summed E-state index contributed by atoms with van der Waals surface area (Å²) in [5, 5.41) is 6.43. The summed E-state index contributed by atoms with van der Waals surface area (Å²) < 4.78 is 52.3. The van der Waals surface area contributed by atoms with E-state index in [1.54, 1.807) is 50.2 Å². The molecule has 0 saturated carbocycles. The van der Waals surface area contributed by atoms with Crippen molar-refractivity contribution in [1.82, 2.24) is 14.8 Å². The fraction of sp³-hybridized carbons (Fsp3) is 0.273. The number of fused-ring (bicyclic) bond motifs is 1. The van der Waals surface area contributed by atoms with Gasteiger partial charge in [-0.2, -0.15) is 4.31 Å². The van der Waals surface area contributed by atoms with Crippen LogP contribution in [0.1, 0.15) is 32.9 Å². The number of aryl methyl sites for hydroxylation is 2. The van der Waals surface area contributed by atoms with Crippen LogP contribution in [0.5, 0.6) is 5.75 Å². The first-order valence-corrected chi connectivity index (χ1v) is 11.4. The summed E-state index contributed by atoms with van der Waals surface area (Å²) in [5.74, 6) is -0.0787. The molecule has 32 heavy (non-hydrogen) atoms. The highest BCUT2D eigenvalue weighted by molar-refractivity contribution is 7.89. The first kappa shape index (κ1) is 22.0. The van der Waals surface area contributed by atoms with Gasteiger partial charge >= 0.3 is 0 Å². The van der Waals surface area contributed by atoms with Crippen LogP contribution in [0.25, 0.3) is 0 Å². The summed E-state index contributed by atoms with van der Waals surface area (Å²) in [5.41, 5.74) is 1.53. The van der Waals surface area contributed by atoms with E-state index in [1.165, 1.54) is 10.4 Å². The predicted octanol–water partition coefficient (Wildman–Crippen LogP) is 2.94. The Hall–Kier alpha value is -3.24. The second-order valence-electron chi connectivity index (χ2n) is 7.44. The summed E-state index contributed by atoms with van der Waals surface area (Å²) in [6.45, 7) is 3.48. The Bertz CT molecular complexity index is 1250. The van der Waals surface area contributed by atoms with Crippen molar-refractivity contribution >= 4 is 15.9 Å². The lowest BCUT2D eigenvalue weighted by Crippen LogP contribution is -2.33. The average Bonchev–Trinajstić information content (AvgIpc) is 2.97. The van der Waals surface area contributed by atoms with Crippen molar-refractivity contribution in [2.45, 2.75) is 31.8 Å². The maximum absolute atomic E-state index is 13.8. The number of ether oxygens (including phenoxy) is 1. The van der Waals surface area contributed by atoms with E-state index >= 15 is 0 Å². The Labute approximate surface area is 185 Å². The maximum Gasteiger partial charge on any atom is 0.251 e. The molecule has 4 rings (SSSR count). The molecule has 1 amide bonds. The standard InChI is InChI=1S/C22H22FN3O5S/c1-14-21(15(2)31-25-14)32(28,29)26-9-10-30-20-8-7-16(11-18(20)13-26)22(27)24-12-17-5-3-4-6-19(17)23/h3-8,11H,9-10,12-13H2,1-2H3,(H,24,27). The van der Waals surface area contributed by atoms with E-state index in [2.05, 4.69) is 10.5 Å². The van der Waals surface area contributed by atoms with Gasteiger partial charge in [-0.3, -0.25) is 4.79 Å². The molecule has 1 aliphatic rings. The molecule has 0 aliphatic carbocycles. The van der Waals surface area contributed by atoms with Gasteiger partial charge in [0.1, 0.15) is 28.8 Å². The fourth-order valence-corrected chi connectivity index (χ4v) is 5.30. The third-order valence-corrected chi connectivity index (χ3v) is 7.32. The summed E-state index contributed by atoms with van der Waals surface area (Å²) >= 11 is 0. The molecule has 0 atom stereocenters. The van der Waals surface area contributed by atoms with Crippen molar-refractivity contribution in [1.29, 1.82) is 0 Å². The Morgan fingerprint density at radius 1 is 1.22 bits per heavy atom. The van der Waals surface area contributed by atoms with E-state index in [0.717, 1.165) is 0 Å². The number of amides is 1. The van der Waals surface area contributed by atoms with Gasteiger partial charge in [0.15, 0.2) is 5.76 Å². The zero-order valence-electron chi connectivity index (χ0n) is 17.6. The number of benzene rings is 2. The average molecular weight is 459 g/mol. The van der Waals surface area contributed by atoms with Crippen LogP contribution in [0.15, 0.2) is 51.9 Å². The Kier molecular flexibility index (Phi) is 5.98. The lowest BCUT2D eigenvalue weighted by Gasteiger charge is -2.19. The van der Waals surface area contributed by atoms with Crippen LogP contribution in [-0.4, -0.2) is 36.9 Å². The monoisotopic (exact) mass is 459 g/mol. The minimum absolute atomic E-state index is 0.0240. The van der Waals surface area contributed by atoms with Crippen LogP contribution in [0.3, 0.4) is 0 Å². The van der Waals surface area contributed by atoms with Gasteiger partial charge in [0.05, 0.1) is 0 Å². The molecule has 2 aromatic carbocycles. The second kappa shape index (κ2) is 8.71. The highest BCUT2D eigenvalue weighted by Crippen LogP contribution is 2.30. The molecule has 3 aromatic rings. The lowest BCUT2D eigenvalue weighted by molar-refractivity contribution is 0.0950. The van der Waals surface area contributed by atoms with E-state index in [-0.39, 0.29) is 42.6 Å². The molecule has 168 valence electrons. The molecular formula is C22H22FN3O5S. The zero-order valence-corrected chi connectivity index (χ0v) is 18.4. The van der Waals surface area contributed by atoms with Crippen molar-refractivity contribution in [3.05, 3.63) is 76.4 Å². The van der Waals surface area contributed by atoms with Gasteiger partial charge < -0.3 is 14.6 Å². The van der Waals surface area contributed by atoms with Gasteiger partial charge in [-0.05, 0) is 38.1 Å². The first-order valence-electron chi connectivity index (χ1n) is 9.97. The van der Waals surface area contributed by atoms with Crippen molar-refractivity contribution in [3.8, 4) is 5.75 Å². The highest BCUT2D eigenvalue weighted by atomic mass is 32.2. The smallest absolute Gasteiger partial charge is 0.251 e. The molecule has 0 spiro atoms. The number of hydrogen-bond donors (Lipinski definition) is 1. The van der Waals surface area contributed by atoms with E-state index in [0.29, 0.717) is 22.4 Å². The molecule has 1 aromatic heterocycles. The lowest BCUT2D eigenvalue weighted by atomic mass is 10.1. The van der Waals surface area contributed by atoms with Crippen LogP contribution in [0.4, 0.5) is 4.39 Å². The van der Waals surface area contributed by atoms with Crippen LogP contribution >= 0.6 is 0 Å². The maximum atomic E-state index is 13.8. The minimum Gasteiger partial charge on any atom is -0.492 e. The van der Waals surface area contributed by atoms with E-state index in [1.807, 2.05) is 0 Å². The summed E-state index contributed by atoms with van der Waals surface area (Å²) in [6.07, 6.45) is 0. The minimum atomic E-state index is -3.88. The number of sulfonamides is 1. The summed E-state index contributed by atoms with van der Waals surface area (Å²) in [6, 6.07) is 11.0. The van der Waals surface area contributed by atoms with Crippen LogP contribution in [0, 0.1) is 19.7 Å². The zero-order chi connectivity index (χ0) is 22.9. The van der Waals surface area contributed by atoms with E-state index < -0.39 is 21.7 Å². The second-order valence-corrected chi connectivity index (χ2v) is 9.31. The summed E-state index contributed by atoms with van der Waals surface area (Å²) in [7, 11) is -3.88. The predicted molar refractivity (Wildman–Crippen MR) is 113 cm³/mol. The Morgan fingerprint density at radius 3 is 2.72 bits per heavy atom. The number of carbonyl (C=O) groups excluding carboxylic acids is 1. The van der Waals surface area contributed by atoms with Crippen molar-refractivity contribution < 1.29 is 26.9 Å². The van der Waals surface area contributed by atoms with Gasteiger partial charge in [-0.15, -0.1) is 0 Å². The number of hydrogen-bond acceptors (Lipinski definition) is 6. The van der Waals surface area contributed by atoms with Gasteiger partial charge in [-0.1, -0.05) is 23.4 Å². The molecule has 0 bridgehead atoms. The normalized spacial score (nSPS) is 14.3. The largest absolute Gasteiger partial charge is 0.492 e. The number of nitrogens with zero attached hydrogens (tertiary/aromatic N) is 2. The van der Waals surface area contributed by atoms with Crippen LogP contribution < -0.4 is 10.1 Å². The van der Waals surface area contributed by atoms with E-state index in [4.69, 9.17) is 9.26 Å². The quantitative estimate of drug-likeness (QED) is 0.630. The summed E-state index contributed by atoms with van der Waals surface area (Å²) in [4.78, 5) is 12.7. The number of nitrogens with one attached hydrogen (secondary N) is 1. The van der Waals surface area contributed by atoms with Crippen molar-refractivity contribution in [2.24, 2.45) is 0 Å². The van der Waals surface area contributed by atoms with Gasteiger partial charge in [-0.25, -0.2) is 12.8 Å². The fourth-order valence-electron chi connectivity index (χ4n) is 3.61. The van der Waals surface area contributed by atoms with Crippen LogP contribution in [-0.2, 0) is 23.1 Å². The Morgan fingerprint density at radius 2 is 2.00 bits per heavy atom. The van der Waals surface area contributed by atoms with Gasteiger partial charge in [0.2, 0.25) is 10.0 Å². The molecule has 0 radical (unpaired) electrons. The molecular weight excluding hydrogens is 437 g/mol. The Balaban J connectivity index is 1.56. The SMILES string of the molecule is Cc1noc(C)c1S(=O)(=O)N1CCOc2ccc(C(=O)NCc3ccccc3F)cc2C1.